The highest BCUT2D eigenvalue weighted by atomic mass is 16.3. The van der Waals surface area contributed by atoms with Gasteiger partial charge in [-0.15, -0.1) is 0 Å². The number of hydrogen-bond donors (Lipinski definition) is 3. The molecule has 0 spiro atoms. The van der Waals surface area contributed by atoms with Crippen molar-refractivity contribution in [1.29, 1.82) is 0 Å². The molecular weight excluding hydrogens is 298 g/mol. The summed E-state index contributed by atoms with van der Waals surface area (Å²) < 4.78 is 0. The van der Waals surface area contributed by atoms with Crippen LogP contribution in [0.4, 0.5) is 0 Å². The maximum atomic E-state index is 9.16. The Morgan fingerprint density at radius 2 is 1.79 bits per heavy atom. The van der Waals surface area contributed by atoms with Crippen molar-refractivity contribution >= 4 is 5.96 Å². The van der Waals surface area contributed by atoms with Crippen LogP contribution in [0.5, 0.6) is 0 Å². The molecule has 4 nitrogen and oxygen atoms in total. The molecule has 0 aromatic heterocycles. The van der Waals surface area contributed by atoms with Gasteiger partial charge in [-0.2, -0.15) is 0 Å². The Morgan fingerprint density at radius 1 is 1.08 bits per heavy atom. The van der Waals surface area contributed by atoms with Gasteiger partial charge in [-0.25, -0.2) is 0 Å². The van der Waals surface area contributed by atoms with Crippen molar-refractivity contribution in [3.05, 3.63) is 34.9 Å². The first kappa shape index (κ1) is 20.5. The molecule has 0 aliphatic heterocycles. The third-order valence-electron chi connectivity index (χ3n) is 4.07. The van der Waals surface area contributed by atoms with Crippen LogP contribution in [0.15, 0.2) is 23.2 Å². The highest BCUT2D eigenvalue weighted by molar-refractivity contribution is 5.79. The summed E-state index contributed by atoms with van der Waals surface area (Å²) >= 11 is 0. The molecule has 1 rings (SSSR count). The standard InChI is InChI=1S/C20H35N3O/c1-5-7-18(9-11-24)15-23-20(21-6-2)22-10-8-19-13-16(3)12-17(4)14-19/h12-14,18,24H,5-11,15H2,1-4H3,(H2,21,22,23). The van der Waals surface area contributed by atoms with Gasteiger partial charge in [0.1, 0.15) is 0 Å². The molecule has 0 amide bonds. The number of benzene rings is 1. The molecule has 0 saturated heterocycles. The zero-order valence-electron chi connectivity index (χ0n) is 15.9. The van der Waals surface area contributed by atoms with Crippen LogP contribution in [0.25, 0.3) is 0 Å². The SMILES string of the molecule is CCCC(CCO)CN=C(NCC)NCCc1cc(C)cc(C)c1. The minimum absolute atomic E-state index is 0.247. The number of aliphatic hydroxyl groups excluding tert-OH is 1. The summed E-state index contributed by atoms with van der Waals surface area (Å²) in [6.07, 6.45) is 4.07. The van der Waals surface area contributed by atoms with Crippen LogP contribution in [0, 0.1) is 19.8 Å². The van der Waals surface area contributed by atoms with Crippen molar-refractivity contribution in [2.24, 2.45) is 10.9 Å². The van der Waals surface area contributed by atoms with Gasteiger partial charge in [-0.1, -0.05) is 42.7 Å². The van der Waals surface area contributed by atoms with Gasteiger partial charge in [-0.3, -0.25) is 4.99 Å². The average molecular weight is 334 g/mol. The molecule has 1 aromatic rings. The Bertz CT molecular complexity index is 473. The van der Waals surface area contributed by atoms with Crippen LogP contribution in [0.1, 0.15) is 49.8 Å². The van der Waals surface area contributed by atoms with E-state index < -0.39 is 0 Å². The summed E-state index contributed by atoms with van der Waals surface area (Å²) in [6.45, 7) is 11.3. The van der Waals surface area contributed by atoms with Gasteiger partial charge in [-0.05, 0) is 51.5 Å². The average Bonchev–Trinajstić information content (AvgIpc) is 2.52. The molecule has 3 N–H and O–H groups in total. The monoisotopic (exact) mass is 333 g/mol. The highest BCUT2D eigenvalue weighted by Gasteiger charge is 2.07. The third-order valence-corrected chi connectivity index (χ3v) is 4.07. The van der Waals surface area contributed by atoms with E-state index >= 15 is 0 Å². The van der Waals surface area contributed by atoms with Gasteiger partial charge >= 0.3 is 0 Å². The van der Waals surface area contributed by atoms with E-state index in [2.05, 4.69) is 56.5 Å². The molecule has 1 aromatic carbocycles. The molecule has 136 valence electrons. The van der Waals surface area contributed by atoms with Crippen LogP contribution in [0.2, 0.25) is 0 Å². The second-order valence-corrected chi connectivity index (χ2v) is 6.56. The summed E-state index contributed by atoms with van der Waals surface area (Å²) in [5.41, 5.74) is 3.99. The summed E-state index contributed by atoms with van der Waals surface area (Å²) in [6, 6.07) is 6.70. The molecule has 1 unspecified atom stereocenters. The van der Waals surface area contributed by atoms with E-state index in [0.717, 1.165) is 51.3 Å². The highest BCUT2D eigenvalue weighted by Crippen LogP contribution is 2.11. The minimum atomic E-state index is 0.247. The number of aliphatic imine (C=N–C) groups is 1. The van der Waals surface area contributed by atoms with Crippen molar-refractivity contribution in [3.8, 4) is 0 Å². The molecule has 0 radical (unpaired) electrons. The first-order valence-corrected chi connectivity index (χ1v) is 9.29. The second-order valence-electron chi connectivity index (χ2n) is 6.56. The van der Waals surface area contributed by atoms with Crippen LogP contribution in [-0.4, -0.2) is 37.3 Å². The Hall–Kier alpha value is -1.55. The van der Waals surface area contributed by atoms with Crippen LogP contribution < -0.4 is 10.6 Å². The topological polar surface area (TPSA) is 56.7 Å². The molecule has 24 heavy (non-hydrogen) atoms. The van der Waals surface area contributed by atoms with Gasteiger partial charge < -0.3 is 15.7 Å². The number of aliphatic hydroxyl groups is 1. The largest absolute Gasteiger partial charge is 0.396 e. The number of guanidine groups is 1. The fraction of sp³-hybridized carbons (Fsp3) is 0.650. The molecule has 0 fully saturated rings. The number of aryl methyl sites for hydroxylation is 2. The molecule has 0 aliphatic rings. The van der Waals surface area contributed by atoms with Gasteiger partial charge in [0.05, 0.1) is 0 Å². The summed E-state index contributed by atoms with van der Waals surface area (Å²) in [7, 11) is 0. The molecule has 1 atom stereocenters. The van der Waals surface area contributed by atoms with Crippen molar-refractivity contribution in [2.75, 3.05) is 26.2 Å². The van der Waals surface area contributed by atoms with E-state index in [1.807, 2.05) is 0 Å². The summed E-state index contributed by atoms with van der Waals surface area (Å²) in [4.78, 5) is 4.70. The fourth-order valence-corrected chi connectivity index (χ4v) is 3.02. The predicted octanol–water partition coefficient (Wildman–Crippen LogP) is 3.20. The molecule has 0 aliphatic carbocycles. The normalized spacial score (nSPS) is 13.0. The number of rotatable bonds is 10. The number of hydrogen-bond acceptors (Lipinski definition) is 2. The number of nitrogens with one attached hydrogen (secondary N) is 2. The van der Waals surface area contributed by atoms with E-state index in [1.54, 1.807) is 0 Å². The Balaban J connectivity index is 2.53. The fourth-order valence-electron chi connectivity index (χ4n) is 3.02. The zero-order valence-corrected chi connectivity index (χ0v) is 15.9. The lowest BCUT2D eigenvalue weighted by molar-refractivity contribution is 0.253. The van der Waals surface area contributed by atoms with Gasteiger partial charge in [0, 0.05) is 26.2 Å². The molecule has 0 heterocycles. The van der Waals surface area contributed by atoms with Crippen LogP contribution in [0.3, 0.4) is 0 Å². The quantitative estimate of drug-likeness (QED) is 0.455. The van der Waals surface area contributed by atoms with Crippen molar-refractivity contribution < 1.29 is 5.11 Å². The first-order valence-electron chi connectivity index (χ1n) is 9.29. The minimum Gasteiger partial charge on any atom is -0.396 e. The summed E-state index contributed by atoms with van der Waals surface area (Å²) in [5, 5.41) is 15.9. The zero-order chi connectivity index (χ0) is 17.8. The van der Waals surface area contributed by atoms with E-state index in [1.165, 1.54) is 16.7 Å². The van der Waals surface area contributed by atoms with Crippen molar-refractivity contribution in [2.45, 2.75) is 53.4 Å². The molecule has 0 saturated carbocycles. The predicted molar refractivity (Wildman–Crippen MR) is 104 cm³/mol. The lowest BCUT2D eigenvalue weighted by Gasteiger charge is -2.15. The number of nitrogens with zero attached hydrogens (tertiary/aromatic N) is 1. The third kappa shape index (κ3) is 8.34. The van der Waals surface area contributed by atoms with E-state index in [0.29, 0.717) is 5.92 Å². The van der Waals surface area contributed by atoms with E-state index in [-0.39, 0.29) is 6.61 Å². The van der Waals surface area contributed by atoms with Crippen molar-refractivity contribution in [1.82, 2.24) is 10.6 Å². The van der Waals surface area contributed by atoms with Crippen LogP contribution >= 0.6 is 0 Å². The van der Waals surface area contributed by atoms with E-state index in [4.69, 9.17) is 10.1 Å². The molecule has 0 bridgehead atoms. The maximum Gasteiger partial charge on any atom is 0.191 e. The van der Waals surface area contributed by atoms with Gasteiger partial charge in [0.2, 0.25) is 0 Å². The Kier molecular flexibility index (Phi) is 10.2. The Morgan fingerprint density at radius 3 is 2.38 bits per heavy atom. The Labute approximate surface area is 147 Å². The molecular formula is C20H35N3O. The lowest BCUT2D eigenvalue weighted by Crippen LogP contribution is -2.38. The van der Waals surface area contributed by atoms with Gasteiger partial charge in [0.15, 0.2) is 5.96 Å². The second kappa shape index (κ2) is 11.9. The first-order chi connectivity index (χ1) is 11.6. The van der Waals surface area contributed by atoms with Gasteiger partial charge in [0.25, 0.3) is 0 Å². The summed E-state index contributed by atoms with van der Waals surface area (Å²) in [5.74, 6) is 1.34. The van der Waals surface area contributed by atoms with E-state index in [9.17, 15) is 0 Å². The van der Waals surface area contributed by atoms with Crippen molar-refractivity contribution in [3.63, 3.8) is 0 Å². The maximum absolute atomic E-state index is 9.16. The molecule has 4 heteroatoms. The lowest BCUT2D eigenvalue weighted by atomic mass is 10.0. The smallest absolute Gasteiger partial charge is 0.191 e. The van der Waals surface area contributed by atoms with Crippen LogP contribution in [-0.2, 0) is 6.42 Å².